The summed E-state index contributed by atoms with van der Waals surface area (Å²) < 4.78 is 14.2. The van der Waals surface area contributed by atoms with Crippen molar-refractivity contribution in [2.75, 3.05) is 13.1 Å². The van der Waals surface area contributed by atoms with Crippen molar-refractivity contribution in [1.29, 1.82) is 0 Å². The Labute approximate surface area is 120 Å². The van der Waals surface area contributed by atoms with Crippen molar-refractivity contribution in [2.24, 2.45) is 0 Å². The standard InChI is InChI=1S/C14H15FN2O2S/c1-2-6-16-13(18)8-17-14(19)12-7-9-10(15)4-3-5-11(9)20-12/h3-5,7H,2,6,8H2,1H3,(H,16,18)(H,17,19). The van der Waals surface area contributed by atoms with Crippen molar-refractivity contribution in [3.63, 3.8) is 0 Å². The molecular weight excluding hydrogens is 279 g/mol. The molecule has 1 heterocycles. The number of carbonyl (C=O) groups is 2. The minimum Gasteiger partial charge on any atom is -0.355 e. The Morgan fingerprint density at radius 2 is 2.10 bits per heavy atom. The average Bonchev–Trinajstić information content (AvgIpc) is 2.88. The van der Waals surface area contributed by atoms with Crippen molar-refractivity contribution in [3.8, 4) is 0 Å². The zero-order valence-corrected chi connectivity index (χ0v) is 11.8. The maximum atomic E-state index is 13.5. The number of nitrogens with one attached hydrogen (secondary N) is 2. The third-order valence-corrected chi connectivity index (χ3v) is 3.81. The molecule has 0 bridgehead atoms. The number of fused-ring (bicyclic) bond motifs is 1. The topological polar surface area (TPSA) is 58.2 Å². The van der Waals surface area contributed by atoms with Gasteiger partial charge in [0.15, 0.2) is 0 Å². The van der Waals surface area contributed by atoms with Crippen LogP contribution in [0.15, 0.2) is 24.3 Å². The van der Waals surface area contributed by atoms with Gasteiger partial charge in [0.1, 0.15) is 5.82 Å². The summed E-state index contributed by atoms with van der Waals surface area (Å²) in [5, 5.41) is 5.62. The summed E-state index contributed by atoms with van der Waals surface area (Å²) in [4.78, 5) is 23.7. The summed E-state index contributed by atoms with van der Waals surface area (Å²) >= 11 is 1.21. The molecule has 0 spiro atoms. The normalized spacial score (nSPS) is 10.5. The Morgan fingerprint density at radius 1 is 1.30 bits per heavy atom. The molecule has 106 valence electrons. The van der Waals surface area contributed by atoms with Gasteiger partial charge in [-0.05, 0) is 24.6 Å². The molecule has 0 saturated heterocycles. The highest BCUT2D eigenvalue weighted by Crippen LogP contribution is 2.27. The van der Waals surface area contributed by atoms with E-state index in [1.165, 1.54) is 23.5 Å². The number of rotatable bonds is 5. The van der Waals surface area contributed by atoms with Gasteiger partial charge >= 0.3 is 0 Å². The lowest BCUT2D eigenvalue weighted by atomic mass is 10.2. The predicted octanol–water partition coefficient (Wildman–Crippen LogP) is 2.30. The molecule has 2 N–H and O–H groups in total. The summed E-state index contributed by atoms with van der Waals surface area (Å²) in [6.07, 6.45) is 0.843. The predicted molar refractivity (Wildman–Crippen MR) is 77.4 cm³/mol. The van der Waals surface area contributed by atoms with Crippen molar-refractivity contribution in [1.82, 2.24) is 10.6 Å². The third-order valence-electron chi connectivity index (χ3n) is 2.71. The second-order valence-corrected chi connectivity index (χ2v) is 5.38. The SMILES string of the molecule is CCCNC(=O)CNC(=O)c1cc2c(F)cccc2s1. The number of halogens is 1. The van der Waals surface area contributed by atoms with Gasteiger partial charge in [0.2, 0.25) is 5.91 Å². The van der Waals surface area contributed by atoms with Crippen LogP contribution in [-0.2, 0) is 4.79 Å². The first kappa shape index (κ1) is 14.5. The molecule has 4 nitrogen and oxygen atoms in total. The second kappa shape index (κ2) is 6.47. The molecule has 2 aromatic rings. The number of thiophene rings is 1. The Morgan fingerprint density at radius 3 is 2.80 bits per heavy atom. The van der Waals surface area contributed by atoms with Crippen LogP contribution >= 0.6 is 11.3 Å². The average molecular weight is 294 g/mol. The number of benzene rings is 1. The van der Waals surface area contributed by atoms with E-state index in [9.17, 15) is 14.0 Å². The van der Waals surface area contributed by atoms with E-state index in [0.29, 0.717) is 21.5 Å². The minimum absolute atomic E-state index is 0.0738. The summed E-state index contributed by atoms with van der Waals surface area (Å²) in [6.45, 7) is 2.46. The lowest BCUT2D eigenvalue weighted by molar-refractivity contribution is -0.120. The van der Waals surface area contributed by atoms with E-state index in [4.69, 9.17) is 0 Å². The first-order valence-corrected chi connectivity index (χ1v) is 7.16. The van der Waals surface area contributed by atoms with Crippen LogP contribution in [0.3, 0.4) is 0 Å². The van der Waals surface area contributed by atoms with E-state index in [1.54, 1.807) is 12.1 Å². The molecule has 0 saturated carbocycles. The smallest absolute Gasteiger partial charge is 0.261 e. The zero-order valence-electron chi connectivity index (χ0n) is 11.0. The van der Waals surface area contributed by atoms with E-state index in [2.05, 4.69) is 10.6 Å². The van der Waals surface area contributed by atoms with E-state index < -0.39 is 0 Å². The Hall–Kier alpha value is -1.95. The highest BCUT2D eigenvalue weighted by Gasteiger charge is 2.13. The second-order valence-electron chi connectivity index (χ2n) is 4.29. The fourth-order valence-electron chi connectivity index (χ4n) is 1.71. The number of amides is 2. The molecule has 2 amide bonds. The van der Waals surface area contributed by atoms with Crippen molar-refractivity contribution in [2.45, 2.75) is 13.3 Å². The highest BCUT2D eigenvalue weighted by molar-refractivity contribution is 7.20. The van der Waals surface area contributed by atoms with Crippen LogP contribution < -0.4 is 10.6 Å². The molecule has 1 aromatic heterocycles. The van der Waals surface area contributed by atoms with Crippen molar-refractivity contribution < 1.29 is 14.0 Å². The number of hydrogen-bond donors (Lipinski definition) is 2. The Bertz CT molecular complexity index is 639. The van der Waals surface area contributed by atoms with E-state index in [0.717, 1.165) is 6.42 Å². The lowest BCUT2D eigenvalue weighted by Crippen LogP contribution is -2.36. The zero-order chi connectivity index (χ0) is 14.5. The molecule has 0 radical (unpaired) electrons. The van der Waals surface area contributed by atoms with Crippen molar-refractivity contribution >= 4 is 33.2 Å². The van der Waals surface area contributed by atoms with Crippen LogP contribution in [-0.4, -0.2) is 24.9 Å². The molecule has 2 rings (SSSR count). The van der Waals surface area contributed by atoms with E-state index in [-0.39, 0.29) is 24.2 Å². The van der Waals surface area contributed by atoms with Crippen LogP contribution in [0.5, 0.6) is 0 Å². The molecule has 0 aliphatic carbocycles. The minimum atomic E-state index is -0.364. The third kappa shape index (κ3) is 3.33. The molecule has 20 heavy (non-hydrogen) atoms. The summed E-state index contributed by atoms with van der Waals surface area (Å²) in [5.41, 5.74) is 0. The van der Waals surface area contributed by atoms with Crippen LogP contribution in [0.2, 0.25) is 0 Å². The first-order chi connectivity index (χ1) is 9.61. The molecule has 0 atom stereocenters. The largest absolute Gasteiger partial charge is 0.355 e. The van der Waals surface area contributed by atoms with Gasteiger partial charge in [-0.15, -0.1) is 11.3 Å². The molecule has 1 aromatic carbocycles. The van der Waals surface area contributed by atoms with Crippen molar-refractivity contribution in [3.05, 3.63) is 35.0 Å². The molecule has 0 aliphatic heterocycles. The van der Waals surface area contributed by atoms with Crippen LogP contribution in [0.25, 0.3) is 10.1 Å². The fraction of sp³-hybridized carbons (Fsp3) is 0.286. The molecule has 0 unspecified atom stereocenters. The number of carbonyl (C=O) groups excluding carboxylic acids is 2. The molecule has 6 heteroatoms. The van der Waals surface area contributed by atoms with Crippen LogP contribution in [0.1, 0.15) is 23.0 Å². The lowest BCUT2D eigenvalue weighted by Gasteiger charge is -2.04. The Balaban J connectivity index is 2.01. The maximum absolute atomic E-state index is 13.5. The van der Waals surface area contributed by atoms with Gasteiger partial charge in [-0.1, -0.05) is 13.0 Å². The van der Waals surface area contributed by atoms with Gasteiger partial charge in [0, 0.05) is 16.6 Å². The molecular formula is C14H15FN2O2S. The van der Waals surface area contributed by atoms with Gasteiger partial charge in [-0.3, -0.25) is 9.59 Å². The maximum Gasteiger partial charge on any atom is 0.261 e. The number of hydrogen-bond acceptors (Lipinski definition) is 3. The summed E-state index contributed by atoms with van der Waals surface area (Å²) in [6, 6.07) is 6.23. The van der Waals surface area contributed by atoms with Crippen LogP contribution in [0.4, 0.5) is 4.39 Å². The monoisotopic (exact) mass is 294 g/mol. The quantitative estimate of drug-likeness (QED) is 0.889. The van der Waals surface area contributed by atoms with Crippen LogP contribution in [0, 0.1) is 5.82 Å². The summed E-state index contributed by atoms with van der Waals surface area (Å²) in [7, 11) is 0. The van der Waals surface area contributed by atoms with Gasteiger partial charge in [-0.25, -0.2) is 4.39 Å². The molecule has 0 aliphatic rings. The van der Waals surface area contributed by atoms with Gasteiger partial charge in [0.05, 0.1) is 11.4 Å². The highest BCUT2D eigenvalue weighted by atomic mass is 32.1. The van der Waals surface area contributed by atoms with Gasteiger partial charge in [-0.2, -0.15) is 0 Å². The fourth-order valence-corrected chi connectivity index (χ4v) is 2.70. The molecule has 0 fully saturated rings. The summed E-state index contributed by atoms with van der Waals surface area (Å²) in [5.74, 6) is -0.941. The van der Waals surface area contributed by atoms with E-state index in [1.807, 2.05) is 6.92 Å². The first-order valence-electron chi connectivity index (χ1n) is 6.34. The van der Waals surface area contributed by atoms with E-state index >= 15 is 0 Å². The van der Waals surface area contributed by atoms with Gasteiger partial charge < -0.3 is 10.6 Å². The van der Waals surface area contributed by atoms with Gasteiger partial charge in [0.25, 0.3) is 5.91 Å². The Kier molecular flexibility index (Phi) is 4.68.